The topological polar surface area (TPSA) is 69.7 Å². The molecule has 0 aromatic heterocycles. The van der Waals surface area contributed by atoms with Gasteiger partial charge in [0.1, 0.15) is 0 Å². The Balaban J connectivity index is 1.56. The predicted molar refractivity (Wildman–Crippen MR) is 108 cm³/mol. The summed E-state index contributed by atoms with van der Waals surface area (Å²) in [6.07, 6.45) is 0.881. The first-order valence-electron chi connectivity index (χ1n) is 9.14. The summed E-state index contributed by atoms with van der Waals surface area (Å²) in [6.45, 7) is 0.410. The summed E-state index contributed by atoms with van der Waals surface area (Å²) in [6, 6.07) is 14.9. The van der Waals surface area contributed by atoms with Crippen LogP contribution in [0.15, 0.2) is 53.4 Å². The maximum absolute atomic E-state index is 13.4. The van der Waals surface area contributed by atoms with Crippen LogP contribution >= 0.6 is 11.8 Å². The number of benzene rings is 2. The van der Waals surface area contributed by atoms with Crippen LogP contribution in [0.3, 0.4) is 0 Å². The second-order valence-corrected chi connectivity index (χ2v) is 8.34. The van der Waals surface area contributed by atoms with Crippen LogP contribution in [-0.2, 0) is 16.1 Å². The molecular weight excluding hydrogens is 374 g/mol. The molecule has 1 N–H and O–H groups in total. The standard InChI is InChI=1S/C21H21N3O3S/c1-22-19(26)15-9-7-14(8-10-15)13-23(2)20(27)21-12-11-18(25)24(21)16-5-3-4-6-17(16)28-21/h3-10H,11-13H2,1-2H3,(H,22,26). The minimum Gasteiger partial charge on any atom is -0.355 e. The lowest BCUT2D eigenvalue weighted by atomic mass is 10.1. The third-order valence-corrected chi connectivity index (χ3v) is 6.68. The summed E-state index contributed by atoms with van der Waals surface area (Å²) in [5.41, 5.74) is 2.33. The van der Waals surface area contributed by atoms with Gasteiger partial charge < -0.3 is 10.2 Å². The Labute approximate surface area is 167 Å². The molecule has 0 radical (unpaired) electrons. The highest BCUT2D eigenvalue weighted by Gasteiger charge is 2.58. The van der Waals surface area contributed by atoms with E-state index in [0.29, 0.717) is 24.9 Å². The Morgan fingerprint density at radius 3 is 2.61 bits per heavy atom. The molecule has 6 nitrogen and oxygen atoms in total. The maximum atomic E-state index is 13.4. The first-order chi connectivity index (χ1) is 13.5. The number of nitrogens with zero attached hydrogens (tertiary/aromatic N) is 2. The first kappa shape index (κ1) is 18.6. The number of hydrogen-bond acceptors (Lipinski definition) is 4. The molecule has 0 bridgehead atoms. The average molecular weight is 395 g/mol. The largest absolute Gasteiger partial charge is 0.355 e. The Morgan fingerprint density at radius 2 is 1.89 bits per heavy atom. The number of likely N-dealkylation sites (N-methyl/N-ethyl adjacent to an activating group) is 1. The van der Waals surface area contributed by atoms with E-state index in [1.54, 1.807) is 36.0 Å². The lowest BCUT2D eigenvalue weighted by molar-refractivity contribution is -0.133. The van der Waals surface area contributed by atoms with Crippen molar-refractivity contribution in [2.45, 2.75) is 29.2 Å². The van der Waals surface area contributed by atoms with Crippen molar-refractivity contribution < 1.29 is 14.4 Å². The fourth-order valence-corrected chi connectivity index (χ4v) is 5.35. The number of carbonyl (C=O) groups is 3. The average Bonchev–Trinajstić information content (AvgIpc) is 3.23. The molecule has 0 saturated carbocycles. The minimum atomic E-state index is -0.891. The second-order valence-electron chi connectivity index (χ2n) is 7.02. The third-order valence-electron chi connectivity index (χ3n) is 5.22. The van der Waals surface area contributed by atoms with Crippen LogP contribution in [0.4, 0.5) is 5.69 Å². The van der Waals surface area contributed by atoms with Crippen molar-refractivity contribution in [1.29, 1.82) is 0 Å². The van der Waals surface area contributed by atoms with Gasteiger partial charge in [-0.3, -0.25) is 19.3 Å². The minimum absolute atomic E-state index is 0.00543. The van der Waals surface area contributed by atoms with Crippen molar-refractivity contribution in [2.24, 2.45) is 0 Å². The summed E-state index contributed by atoms with van der Waals surface area (Å²) >= 11 is 1.48. The number of anilines is 1. The zero-order chi connectivity index (χ0) is 19.9. The van der Waals surface area contributed by atoms with Crippen LogP contribution in [0, 0.1) is 0 Å². The highest BCUT2D eigenvalue weighted by Crippen LogP contribution is 2.56. The number of thioether (sulfide) groups is 1. The Hall–Kier alpha value is -2.80. The highest BCUT2D eigenvalue weighted by atomic mass is 32.2. The molecule has 2 heterocycles. The lowest BCUT2D eigenvalue weighted by Crippen LogP contribution is -2.52. The van der Waals surface area contributed by atoms with Crippen molar-refractivity contribution in [1.82, 2.24) is 10.2 Å². The zero-order valence-corrected chi connectivity index (χ0v) is 16.6. The van der Waals surface area contributed by atoms with Gasteiger partial charge in [0.15, 0.2) is 4.87 Å². The van der Waals surface area contributed by atoms with Crippen molar-refractivity contribution in [3.63, 3.8) is 0 Å². The van der Waals surface area contributed by atoms with Gasteiger partial charge in [0.25, 0.3) is 11.8 Å². The van der Waals surface area contributed by atoms with Crippen LogP contribution in [0.25, 0.3) is 0 Å². The number of amides is 3. The summed E-state index contributed by atoms with van der Waals surface area (Å²) in [5.74, 6) is -0.223. The monoisotopic (exact) mass is 395 g/mol. The molecule has 7 heteroatoms. The van der Waals surface area contributed by atoms with Gasteiger partial charge in [-0.25, -0.2) is 0 Å². The van der Waals surface area contributed by atoms with E-state index < -0.39 is 4.87 Å². The Morgan fingerprint density at radius 1 is 1.18 bits per heavy atom. The van der Waals surface area contributed by atoms with Crippen LogP contribution in [0.5, 0.6) is 0 Å². The molecule has 1 fully saturated rings. The van der Waals surface area contributed by atoms with Gasteiger partial charge >= 0.3 is 0 Å². The van der Waals surface area contributed by atoms with E-state index in [1.165, 1.54) is 11.8 Å². The molecule has 2 aromatic rings. The molecule has 2 aromatic carbocycles. The molecule has 1 unspecified atom stereocenters. The van der Waals surface area contributed by atoms with Gasteiger partial charge in [-0.15, -0.1) is 0 Å². The normalized spacial score (nSPS) is 19.9. The Kier molecular flexibility index (Phi) is 4.63. The van der Waals surface area contributed by atoms with Gasteiger partial charge in [-0.05, 0) is 36.2 Å². The van der Waals surface area contributed by atoms with Crippen molar-refractivity contribution >= 4 is 35.2 Å². The van der Waals surface area contributed by atoms with E-state index in [-0.39, 0.29) is 17.7 Å². The number of carbonyl (C=O) groups excluding carboxylic acids is 3. The molecule has 1 atom stereocenters. The first-order valence-corrected chi connectivity index (χ1v) is 9.95. The van der Waals surface area contributed by atoms with Crippen LogP contribution < -0.4 is 10.2 Å². The van der Waals surface area contributed by atoms with E-state index in [2.05, 4.69) is 5.32 Å². The summed E-state index contributed by atoms with van der Waals surface area (Å²) in [7, 11) is 3.35. The van der Waals surface area contributed by atoms with E-state index in [0.717, 1.165) is 16.1 Å². The number of rotatable bonds is 4. The van der Waals surface area contributed by atoms with Crippen molar-refractivity contribution in [3.8, 4) is 0 Å². The molecule has 0 aliphatic carbocycles. The van der Waals surface area contributed by atoms with Crippen molar-refractivity contribution in [2.75, 3.05) is 19.0 Å². The highest BCUT2D eigenvalue weighted by molar-refractivity contribution is 8.02. The number of para-hydroxylation sites is 1. The van der Waals surface area contributed by atoms with Gasteiger partial charge in [0.05, 0.1) is 5.69 Å². The molecule has 0 spiro atoms. The maximum Gasteiger partial charge on any atom is 0.259 e. The molecule has 3 amide bonds. The van der Waals surface area contributed by atoms with Gasteiger partial charge in [-0.1, -0.05) is 36.0 Å². The van der Waals surface area contributed by atoms with Gasteiger partial charge in [0.2, 0.25) is 5.91 Å². The molecular formula is C21H21N3O3S. The number of fused-ring (bicyclic) bond motifs is 3. The third kappa shape index (κ3) is 2.86. The zero-order valence-electron chi connectivity index (χ0n) is 15.8. The molecule has 2 aliphatic rings. The smallest absolute Gasteiger partial charge is 0.259 e. The predicted octanol–water partition coefficient (Wildman–Crippen LogP) is 2.63. The molecule has 144 valence electrons. The summed E-state index contributed by atoms with van der Waals surface area (Å²) < 4.78 is 0. The van der Waals surface area contributed by atoms with Crippen LogP contribution in [-0.4, -0.2) is 41.6 Å². The van der Waals surface area contributed by atoms with Crippen molar-refractivity contribution in [3.05, 3.63) is 59.7 Å². The van der Waals surface area contributed by atoms with Gasteiger partial charge in [0, 0.05) is 37.5 Å². The lowest BCUT2D eigenvalue weighted by Gasteiger charge is -2.33. The fraction of sp³-hybridized carbons (Fsp3) is 0.286. The molecule has 1 saturated heterocycles. The fourth-order valence-electron chi connectivity index (χ4n) is 3.83. The van der Waals surface area contributed by atoms with Gasteiger partial charge in [-0.2, -0.15) is 0 Å². The van der Waals surface area contributed by atoms with Crippen LogP contribution in [0.1, 0.15) is 28.8 Å². The Bertz CT molecular complexity index is 960. The molecule has 2 aliphatic heterocycles. The van der Waals surface area contributed by atoms with E-state index >= 15 is 0 Å². The summed E-state index contributed by atoms with van der Waals surface area (Å²) in [5, 5.41) is 2.59. The van der Waals surface area contributed by atoms with E-state index in [1.807, 2.05) is 36.4 Å². The molecule has 4 rings (SSSR count). The SMILES string of the molecule is CNC(=O)c1ccc(CN(C)C(=O)C23CCC(=O)N2c2ccccc2S3)cc1. The van der Waals surface area contributed by atoms with E-state index in [9.17, 15) is 14.4 Å². The number of nitrogens with one attached hydrogen (secondary N) is 1. The second kappa shape index (κ2) is 6.98. The van der Waals surface area contributed by atoms with E-state index in [4.69, 9.17) is 0 Å². The molecule has 28 heavy (non-hydrogen) atoms. The quantitative estimate of drug-likeness (QED) is 0.864. The summed E-state index contributed by atoms with van der Waals surface area (Å²) in [4.78, 5) is 41.1. The number of hydrogen-bond donors (Lipinski definition) is 1. The van der Waals surface area contributed by atoms with Crippen LogP contribution in [0.2, 0.25) is 0 Å².